The van der Waals surface area contributed by atoms with Crippen LogP contribution in [0.4, 0.5) is 0 Å². The Labute approximate surface area is 161 Å². The molecule has 0 atom stereocenters. The quantitative estimate of drug-likeness (QED) is 0.495. The third kappa shape index (κ3) is 3.00. The first-order valence-electron chi connectivity index (χ1n) is 8.08. The van der Waals surface area contributed by atoms with E-state index in [2.05, 4.69) is 0 Å². The third-order valence-electron chi connectivity index (χ3n) is 4.60. The first-order chi connectivity index (χ1) is 12.6. The van der Waals surface area contributed by atoms with Gasteiger partial charge in [0.1, 0.15) is 0 Å². The maximum absolute atomic E-state index is 11.5. The van der Waals surface area contributed by atoms with Gasteiger partial charge < -0.3 is 10.2 Å². The van der Waals surface area contributed by atoms with Crippen LogP contribution in [0.2, 0.25) is 0 Å². The van der Waals surface area contributed by atoms with Crippen LogP contribution >= 0.6 is 12.4 Å². The van der Waals surface area contributed by atoms with Crippen LogP contribution in [-0.4, -0.2) is 22.2 Å². The van der Waals surface area contributed by atoms with E-state index in [1.165, 1.54) is 0 Å². The number of hydrogen-bond acceptors (Lipinski definition) is 2. The highest BCUT2D eigenvalue weighted by molar-refractivity contribution is 6.14. The molecule has 4 nitrogen and oxygen atoms in total. The molecule has 0 aromatic heterocycles. The smallest absolute Gasteiger partial charge is 0.336 e. The van der Waals surface area contributed by atoms with Crippen LogP contribution in [0.1, 0.15) is 20.7 Å². The molecular weight excluding hydrogens is 364 g/mol. The highest BCUT2D eigenvalue weighted by Crippen LogP contribution is 2.36. The van der Waals surface area contributed by atoms with E-state index in [4.69, 9.17) is 0 Å². The SMILES string of the molecule is Cl.O=C(O)c1ccc(-c2ccc(C(=O)O)c3ccccc23)c2ccccc12. The molecule has 2 N–H and O–H groups in total. The largest absolute Gasteiger partial charge is 0.478 e. The normalized spacial score (nSPS) is 10.5. The van der Waals surface area contributed by atoms with Crippen molar-refractivity contribution in [2.24, 2.45) is 0 Å². The van der Waals surface area contributed by atoms with E-state index in [9.17, 15) is 19.8 Å². The maximum atomic E-state index is 11.5. The van der Waals surface area contributed by atoms with E-state index in [1.807, 2.05) is 36.4 Å². The van der Waals surface area contributed by atoms with Crippen LogP contribution in [0, 0.1) is 0 Å². The van der Waals surface area contributed by atoms with Crippen molar-refractivity contribution >= 4 is 45.9 Å². The van der Waals surface area contributed by atoms with Gasteiger partial charge in [0.15, 0.2) is 0 Å². The van der Waals surface area contributed by atoms with Crippen molar-refractivity contribution < 1.29 is 19.8 Å². The number of rotatable bonds is 3. The summed E-state index contributed by atoms with van der Waals surface area (Å²) in [5, 5.41) is 21.8. The van der Waals surface area contributed by atoms with E-state index < -0.39 is 11.9 Å². The molecule has 27 heavy (non-hydrogen) atoms. The molecule has 0 saturated carbocycles. The lowest BCUT2D eigenvalue weighted by Gasteiger charge is -2.13. The van der Waals surface area contributed by atoms with E-state index in [0.29, 0.717) is 10.8 Å². The molecule has 134 valence electrons. The summed E-state index contributed by atoms with van der Waals surface area (Å²) in [7, 11) is 0. The van der Waals surface area contributed by atoms with Crippen molar-refractivity contribution in [3.63, 3.8) is 0 Å². The van der Waals surface area contributed by atoms with Gasteiger partial charge in [-0.15, -0.1) is 12.4 Å². The van der Waals surface area contributed by atoms with Crippen LogP contribution in [0.15, 0.2) is 72.8 Å². The fourth-order valence-electron chi connectivity index (χ4n) is 3.44. The predicted octanol–water partition coefficient (Wildman–Crippen LogP) is 5.48. The number of benzene rings is 4. The number of carboxylic acids is 2. The van der Waals surface area contributed by atoms with Gasteiger partial charge in [0, 0.05) is 0 Å². The van der Waals surface area contributed by atoms with Crippen molar-refractivity contribution in [2.75, 3.05) is 0 Å². The Morgan fingerprint density at radius 3 is 1.19 bits per heavy atom. The highest BCUT2D eigenvalue weighted by Gasteiger charge is 2.16. The standard InChI is InChI=1S/C22H14O4.ClH/c23-21(24)19-11-9-17(13-5-1-3-7-15(13)19)18-10-12-20(22(25)26)16-8-4-2-6-14(16)18;/h1-12H,(H,23,24)(H,25,26);1H. The molecule has 0 radical (unpaired) electrons. The van der Waals surface area contributed by atoms with Crippen molar-refractivity contribution in [3.05, 3.63) is 83.9 Å². The summed E-state index contributed by atoms with van der Waals surface area (Å²) in [6.45, 7) is 0. The van der Waals surface area contributed by atoms with Gasteiger partial charge >= 0.3 is 11.9 Å². The Kier molecular flexibility index (Phi) is 4.84. The minimum Gasteiger partial charge on any atom is -0.478 e. The average molecular weight is 379 g/mol. The Bertz CT molecular complexity index is 1100. The highest BCUT2D eigenvalue weighted by atomic mass is 35.5. The van der Waals surface area contributed by atoms with E-state index in [1.54, 1.807) is 36.4 Å². The Morgan fingerprint density at radius 1 is 0.519 bits per heavy atom. The van der Waals surface area contributed by atoms with Crippen molar-refractivity contribution in [1.29, 1.82) is 0 Å². The fraction of sp³-hybridized carbons (Fsp3) is 0. The monoisotopic (exact) mass is 378 g/mol. The molecule has 0 unspecified atom stereocenters. The summed E-state index contributed by atoms with van der Waals surface area (Å²) < 4.78 is 0. The number of halogens is 1. The molecule has 4 aromatic carbocycles. The van der Waals surface area contributed by atoms with Gasteiger partial charge in [0.2, 0.25) is 0 Å². The second-order valence-corrected chi connectivity index (χ2v) is 6.02. The van der Waals surface area contributed by atoms with Crippen LogP contribution < -0.4 is 0 Å². The molecule has 0 amide bonds. The molecule has 0 saturated heterocycles. The second kappa shape index (κ2) is 7.09. The Morgan fingerprint density at radius 2 is 0.852 bits per heavy atom. The Balaban J connectivity index is 0.00000210. The molecule has 0 fully saturated rings. The zero-order valence-electron chi connectivity index (χ0n) is 14.0. The maximum Gasteiger partial charge on any atom is 0.336 e. The summed E-state index contributed by atoms with van der Waals surface area (Å²) in [4.78, 5) is 23.1. The first-order valence-corrected chi connectivity index (χ1v) is 8.08. The van der Waals surface area contributed by atoms with Crippen LogP contribution in [-0.2, 0) is 0 Å². The van der Waals surface area contributed by atoms with Gasteiger partial charge in [-0.3, -0.25) is 0 Å². The topological polar surface area (TPSA) is 74.6 Å². The van der Waals surface area contributed by atoms with Gasteiger partial charge in [-0.2, -0.15) is 0 Å². The fourth-order valence-corrected chi connectivity index (χ4v) is 3.44. The van der Waals surface area contributed by atoms with Crippen LogP contribution in [0.3, 0.4) is 0 Å². The summed E-state index contributed by atoms with van der Waals surface area (Å²) in [6, 6.07) is 21.5. The van der Waals surface area contributed by atoms with Gasteiger partial charge in [0.25, 0.3) is 0 Å². The zero-order valence-corrected chi connectivity index (χ0v) is 14.9. The van der Waals surface area contributed by atoms with Gasteiger partial charge in [-0.25, -0.2) is 9.59 Å². The first kappa shape index (κ1) is 18.4. The summed E-state index contributed by atoms with van der Waals surface area (Å²) in [5.41, 5.74) is 2.24. The molecule has 4 rings (SSSR count). The van der Waals surface area contributed by atoms with E-state index >= 15 is 0 Å². The van der Waals surface area contributed by atoms with Gasteiger partial charge in [-0.05, 0) is 44.8 Å². The summed E-state index contributed by atoms with van der Waals surface area (Å²) in [5.74, 6) is -1.95. The summed E-state index contributed by atoms with van der Waals surface area (Å²) in [6.07, 6.45) is 0. The van der Waals surface area contributed by atoms with Gasteiger partial charge in [0.05, 0.1) is 11.1 Å². The van der Waals surface area contributed by atoms with E-state index in [-0.39, 0.29) is 23.5 Å². The third-order valence-corrected chi connectivity index (χ3v) is 4.60. The number of fused-ring (bicyclic) bond motifs is 2. The van der Waals surface area contributed by atoms with E-state index in [0.717, 1.165) is 21.9 Å². The predicted molar refractivity (Wildman–Crippen MR) is 108 cm³/mol. The molecule has 0 aliphatic rings. The number of carboxylic acid groups (broad SMARTS) is 2. The van der Waals surface area contributed by atoms with Crippen molar-refractivity contribution in [3.8, 4) is 11.1 Å². The number of carbonyl (C=O) groups is 2. The van der Waals surface area contributed by atoms with Crippen LogP contribution in [0.5, 0.6) is 0 Å². The second-order valence-electron chi connectivity index (χ2n) is 6.02. The lowest BCUT2D eigenvalue weighted by atomic mass is 9.90. The number of hydrogen-bond donors (Lipinski definition) is 2. The molecule has 0 heterocycles. The molecule has 4 aromatic rings. The molecule has 0 aliphatic carbocycles. The Hall–Kier alpha value is -3.37. The minimum atomic E-state index is -0.973. The molecule has 0 aliphatic heterocycles. The average Bonchev–Trinajstić information content (AvgIpc) is 2.66. The number of aromatic carboxylic acids is 2. The summed E-state index contributed by atoms with van der Waals surface area (Å²) >= 11 is 0. The zero-order chi connectivity index (χ0) is 18.3. The lowest BCUT2D eigenvalue weighted by molar-refractivity contribution is 0.0688. The minimum absolute atomic E-state index is 0. The van der Waals surface area contributed by atoms with Crippen molar-refractivity contribution in [1.82, 2.24) is 0 Å². The lowest BCUT2D eigenvalue weighted by Crippen LogP contribution is -2.00. The molecule has 0 spiro atoms. The molecule has 5 heteroatoms. The molecule has 0 bridgehead atoms. The molecular formula is C22H15ClO4. The van der Waals surface area contributed by atoms with Gasteiger partial charge in [-0.1, -0.05) is 60.7 Å². The van der Waals surface area contributed by atoms with Crippen LogP contribution in [0.25, 0.3) is 32.7 Å². The van der Waals surface area contributed by atoms with Crippen molar-refractivity contribution in [2.45, 2.75) is 0 Å².